The molecule has 0 atom stereocenters. The van der Waals surface area contributed by atoms with Crippen molar-refractivity contribution in [3.63, 3.8) is 0 Å². The van der Waals surface area contributed by atoms with Crippen molar-refractivity contribution < 1.29 is 23.9 Å². The van der Waals surface area contributed by atoms with E-state index in [-0.39, 0.29) is 25.4 Å². The summed E-state index contributed by atoms with van der Waals surface area (Å²) in [5.41, 5.74) is 7.17. The molecule has 3 amide bonds. The molecule has 30 heavy (non-hydrogen) atoms. The fraction of sp³-hybridized carbons (Fsp3) is 0.318. The molecule has 0 heterocycles. The lowest BCUT2D eigenvalue weighted by molar-refractivity contribution is -0.130. The Kier molecular flexibility index (Phi) is 8.68. The zero-order valence-electron chi connectivity index (χ0n) is 17.4. The van der Waals surface area contributed by atoms with Crippen LogP contribution in [0, 0.1) is 13.8 Å². The molecule has 0 spiro atoms. The van der Waals surface area contributed by atoms with Crippen LogP contribution in [-0.4, -0.2) is 30.9 Å². The Hall–Kier alpha value is -3.55. The van der Waals surface area contributed by atoms with Crippen LogP contribution >= 0.6 is 0 Å². The summed E-state index contributed by atoms with van der Waals surface area (Å²) in [6, 6.07) is 12.6. The van der Waals surface area contributed by atoms with E-state index in [9.17, 15) is 14.4 Å². The van der Waals surface area contributed by atoms with Crippen molar-refractivity contribution >= 4 is 23.4 Å². The zero-order valence-corrected chi connectivity index (χ0v) is 17.4. The van der Waals surface area contributed by atoms with Crippen LogP contribution < -0.4 is 25.6 Å². The van der Waals surface area contributed by atoms with Gasteiger partial charge in [-0.3, -0.25) is 25.2 Å². The van der Waals surface area contributed by atoms with Crippen molar-refractivity contribution in [2.75, 3.05) is 18.5 Å². The Morgan fingerprint density at radius 1 is 0.833 bits per heavy atom. The maximum Gasteiger partial charge on any atom is 0.276 e. The minimum Gasteiger partial charge on any atom is -0.494 e. The van der Waals surface area contributed by atoms with E-state index in [2.05, 4.69) is 16.2 Å². The van der Waals surface area contributed by atoms with Gasteiger partial charge in [-0.25, -0.2) is 0 Å². The minimum absolute atomic E-state index is 0.0199. The van der Waals surface area contributed by atoms with Crippen LogP contribution in [0.15, 0.2) is 42.5 Å². The molecule has 8 nitrogen and oxygen atoms in total. The first kappa shape index (κ1) is 22.7. The third-order valence-electron chi connectivity index (χ3n) is 4.06. The Labute approximate surface area is 175 Å². The number of hydrogen-bond acceptors (Lipinski definition) is 5. The van der Waals surface area contributed by atoms with Crippen LogP contribution in [0.1, 0.15) is 30.9 Å². The predicted molar refractivity (Wildman–Crippen MR) is 113 cm³/mol. The van der Waals surface area contributed by atoms with Crippen LogP contribution in [0.4, 0.5) is 5.69 Å². The molecule has 0 unspecified atom stereocenters. The number of anilines is 1. The van der Waals surface area contributed by atoms with E-state index < -0.39 is 11.8 Å². The van der Waals surface area contributed by atoms with Gasteiger partial charge in [-0.05, 0) is 56.7 Å². The van der Waals surface area contributed by atoms with Gasteiger partial charge in [0.15, 0.2) is 6.61 Å². The number of benzene rings is 2. The fourth-order valence-electron chi connectivity index (χ4n) is 2.59. The van der Waals surface area contributed by atoms with Gasteiger partial charge in [-0.1, -0.05) is 17.7 Å². The summed E-state index contributed by atoms with van der Waals surface area (Å²) in [6.45, 7) is 6.08. The summed E-state index contributed by atoms with van der Waals surface area (Å²) < 4.78 is 10.8. The van der Waals surface area contributed by atoms with Gasteiger partial charge >= 0.3 is 0 Å². The number of carbonyl (C=O) groups excluding carboxylic acids is 3. The summed E-state index contributed by atoms with van der Waals surface area (Å²) in [6.07, 6.45) is -0.0882. The molecule has 0 aliphatic rings. The number of amides is 3. The quantitative estimate of drug-likeness (QED) is 0.548. The summed E-state index contributed by atoms with van der Waals surface area (Å²) in [5, 5.41) is 2.70. The van der Waals surface area contributed by atoms with E-state index in [0.29, 0.717) is 23.8 Å². The normalized spacial score (nSPS) is 10.1. The summed E-state index contributed by atoms with van der Waals surface area (Å²) in [4.78, 5) is 35.6. The monoisotopic (exact) mass is 413 g/mol. The average molecular weight is 413 g/mol. The molecule has 0 aliphatic carbocycles. The first-order valence-corrected chi connectivity index (χ1v) is 9.68. The van der Waals surface area contributed by atoms with Gasteiger partial charge in [-0.15, -0.1) is 0 Å². The molecule has 2 rings (SSSR count). The van der Waals surface area contributed by atoms with E-state index in [1.54, 1.807) is 30.3 Å². The number of carbonyl (C=O) groups is 3. The van der Waals surface area contributed by atoms with Crippen LogP contribution in [0.25, 0.3) is 0 Å². The number of nitrogens with one attached hydrogen (secondary N) is 3. The first-order chi connectivity index (χ1) is 14.4. The van der Waals surface area contributed by atoms with Gasteiger partial charge in [0.2, 0.25) is 11.8 Å². The van der Waals surface area contributed by atoms with Gasteiger partial charge in [0.1, 0.15) is 11.5 Å². The average Bonchev–Trinajstić information content (AvgIpc) is 2.71. The number of hydrazine groups is 1. The van der Waals surface area contributed by atoms with E-state index >= 15 is 0 Å². The summed E-state index contributed by atoms with van der Waals surface area (Å²) in [7, 11) is 0. The highest BCUT2D eigenvalue weighted by Gasteiger charge is 2.10. The van der Waals surface area contributed by atoms with Crippen LogP contribution in [0.2, 0.25) is 0 Å². The lowest BCUT2D eigenvalue weighted by Gasteiger charge is -2.11. The standard InChI is InChI=1S/C22H27N3O5/c1-4-29-18-8-6-17(7-9-18)23-20(26)11-12-21(27)24-25-22(28)14-30-19-10-5-15(2)13-16(19)3/h5-10,13H,4,11-12,14H2,1-3H3,(H,23,26)(H,24,27)(H,25,28). The van der Waals surface area contributed by atoms with E-state index in [0.717, 1.165) is 11.1 Å². The Morgan fingerprint density at radius 3 is 2.17 bits per heavy atom. The molecule has 160 valence electrons. The van der Waals surface area contributed by atoms with Gasteiger partial charge in [0.25, 0.3) is 5.91 Å². The molecule has 0 saturated carbocycles. The van der Waals surface area contributed by atoms with Crippen LogP contribution in [-0.2, 0) is 14.4 Å². The van der Waals surface area contributed by atoms with Crippen molar-refractivity contribution in [1.29, 1.82) is 0 Å². The first-order valence-electron chi connectivity index (χ1n) is 9.68. The van der Waals surface area contributed by atoms with E-state index in [1.807, 2.05) is 32.9 Å². The second-order valence-electron chi connectivity index (χ2n) is 6.66. The third-order valence-corrected chi connectivity index (χ3v) is 4.06. The molecule has 2 aromatic carbocycles. The van der Waals surface area contributed by atoms with Gasteiger partial charge in [0, 0.05) is 18.5 Å². The van der Waals surface area contributed by atoms with E-state index in [4.69, 9.17) is 9.47 Å². The largest absolute Gasteiger partial charge is 0.494 e. The van der Waals surface area contributed by atoms with Crippen molar-refractivity contribution in [2.24, 2.45) is 0 Å². The number of aryl methyl sites for hydroxylation is 2. The molecule has 3 N–H and O–H groups in total. The summed E-state index contributed by atoms with van der Waals surface area (Å²) in [5.74, 6) is 0.0397. The maximum absolute atomic E-state index is 12.0. The second-order valence-corrected chi connectivity index (χ2v) is 6.66. The highest BCUT2D eigenvalue weighted by atomic mass is 16.5. The maximum atomic E-state index is 12.0. The third kappa shape index (κ3) is 7.83. The minimum atomic E-state index is -0.498. The molecule has 0 radical (unpaired) electrons. The number of hydrogen-bond donors (Lipinski definition) is 3. The Bertz CT molecular complexity index is 881. The lowest BCUT2D eigenvalue weighted by atomic mass is 10.1. The van der Waals surface area contributed by atoms with Crippen LogP contribution in [0.5, 0.6) is 11.5 Å². The Balaban J connectivity index is 1.65. The highest BCUT2D eigenvalue weighted by Crippen LogP contribution is 2.18. The highest BCUT2D eigenvalue weighted by molar-refractivity contribution is 5.93. The van der Waals surface area contributed by atoms with Crippen molar-refractivity contribution in [3.8, 4) is 11.5 Å². The van der Waals surface area contributed by atoms with Crippen LogP contribution in [0.3, 0.4) is 0 Å². The smallest absolute Gasteiger partial charge is 0.276 e. The molecule has 8 heteroatoms. The number of ether oxygens (including phenoxy) is 2. The van der Waals surface area contributed by atoms with Crippen molar-refractivity contribution in [1.82, 2.24) is 10.9 Å². The van der Waals surface area contributed by atoms with Crippen molar-refractivity contribution in [2.45, 2.75) is 33.6 Å². The predicted octanol–water partition coefficient (Wildman–Crippen LogP) is 2.65. The number of rotatable bonds is 9. The molecule has 0 saturated heterocycles. The van der Waals surface area contributed by atoms with Gasteiger partial charge < -0.3 is 14.8 Å². The van der Waals surface area contributed by atoms with Gasteiger partial charge in [0.05, 0.1) is 6.61 Å². The lowest BCUT2D eigenvalue weighted by Crippen LogP contribution is -2.44. The molecule has 2 aromatic rings. The van der Waals surface area contributed by atoms with Gasteiger partial charge in [-0.2, -0.15) is 0 Å². The molecule has 0 aromatic heterocycles. The zero-order chi connectivity index (χ0) is 21.9. The Morgan fingerprint density at radius 2 is 1.50 bits per heavy atom. The van der Waals surface area contributed by atoms with Crippen molar-refractivity contribution in [3.05, 3.63) is 53.6 Å². The SMILES string of the molecule is CCOc1ccc(NC(=O)CCC(=O)NNC(=O)COc2ccc(C)cc2C)cc1. The molecule has 0 aliphatic heterocycles. The molecular weight excluding hydrogens is 386 g/mol. The second kappa shape index (κ2) is 11.5. The van der Waals surface area contributed by atoms with E-state index in [1.165, 1.54) is 0 Å². The molecular formula is C22H27N3O5. The fourth-order valence-corrected chi connectivity index (χ4v) is 2.59. The summed E-state index contributed by atoms with van der Waals surface area (Å²) >= 11 is 0. The molecule has 0 bridgehead atoms. The molecule has 0 fully saturated rings. The topological polar surface area (TPSA) is 106 Å².